The van der Waals surface area contributed by atoms with E-state index in [0.717, 1.165) is 12.0 Å². The van der Waals surface area contributed by atoms with Crippen LogP contribution in [0.15, 0.2) is 12.2 Å². The number of hydrogen-bond donors (Lipinski definition) is 1. The van der Waals surface area contributed by atoms with Crippen molar-refractivity contribution >= 4 is 0 Å². The number of rotatable bonds is 20. The molecule has 1 unspecified atom stereocenters. The van der Waals surface area contributed by atoms with E-state index < -0.39 is 0 Å². The van der Waals surface area contributed by atoms with E-state index in [0.29, 0.717) is 0 Å². The summed E-state index contributed by atoms with van der Waals surface area (Å²) in [6, 6.07) is 0.195. The van der Waals surface area contributed by atoms with Crippen molar-refractivity contribution in [2.75, 3.05) is 19.6 Å². The van der Waals surface area contributed by atoms with E-state index in [1.807, 2.05) is 6.92 Å². The zero-order chi connectivity index (χ0) is 19.5. The fraction of sp³-hybridized carbons (Fsp3) is 0.917. The Morgan fingerprint density at radius 1 is 0.692 bits per heavy atom. The highest BCUT2D eigenvalue weighted by molar-refractivity contribution is 4.99. The lowest BCUT2D eigenvalue weighted by molar-refractivity contribution is 0.254. The third kappa shape index (κ3) is 17.1. The zero-order valence-corrected chi connectivity index (χ0v) is 18.5. The lowest BCUT2D eigenvalue weighted by Crippen LogP contribution is -2.28. The Balaban J connectivity index is 3.92. The normalized spacial score (nSPS) is 12.7. The largest absolute Gasteiger partial charge is 0.324 e. The molecule has 2 heteroatoms. The summed E-state index contributed by atoms with van der Waals surface area (Å²) in [5, 5.41) is 0. The third-order valence-corrected chi connectivity index (χ3v) is 5.53. The molecule has 0 fully saturated rings. The molecule has 0 amide bonds. The van der Waals surface area contributed by atoms with Crippen LogP contribution in [-0.4, -0.2) is 30.6 Å². The van der Waals surface area contributed by atoms with Gasteiger partial charge in [-0.3, -0.25) is 0 Å². The molecule has 0 aromatic carbocycles. The molecule has 0 rings (SSSR count). The molecular formula is C24H50N2. The second kappa shape index (κ2) is 19.4. The predicted molar refractivity (Wildman–Crippen MR) is 120 cm³/mol. The Morgan fingerprint density at radius 3 is 1.50 bits per heavy atom. The van der Waals surface area contributed by atoms with E-state index in [-0.39, 0.29) is 6.04 Å². The van der Waals surface area contributed by atoms with Crippen molar-refractivity contribution in [3.05, 3.63) is 12.2 Å². The first kappa shape index (κ1) is 25.7. The van der Waals surface area contributed by atoms with Gasteiger partial charge < -0.3 is 10.6 Å². The number of nitrogens with two attached hydrogens (primary N) is 1. The molecule has 2 N–H and O–H groups in total. The zero-order valence-electron chi connectivity index (χ0n) is 18.5. The molecular weight excluding hydrogens is 316 g/mol. The van der Waals surface area contributed by atoms with Gasteiger partial charge in [-0.05, 0) is 52.2 Å². The maximum Gasteiger partial charge on any atom is 0.0248 e. The summed E-state index contributed by atoms with van der Waals surface area (Å²) in [5.41, 5.74) is 7.22. The van der Waals surface area contributed by atoms with Gasteiger partial charge in [-0.2, -0.15) is 0 Å². The first-order chi connectivity index (χ1) is 12.6. The quantitative estimate of drug-likeness (QED) is 0.184. The minimum Gasteiger partial charge on any atom is -0.324 e. The highest BCUT2D eigenvalue weighted by Gasteiger charge is 2.07. The second-order valence-corrected chi connectivity index (χ2v) is 8.33. The number of nitrogens with zero attached hydrogens (tertiary/aromatic N) is 1. The van der Waals surface area contributed by atoms with Gasteiger partial charge in [0.2, 0.25) is 0 Å². The maximum atomic E-state index is 6.10. The first-order valence-corrected chi connectivity index (χ1v) is 11.7. The van der Waals surface area contributed by atoms with Crippen LogP contribution < -0.4 is 5.73 Å². The lowest BCUT2D eigenvalue weighted by atomic mass is 10.0. The molecule has 0 aliphatic carbocycles. The molecule has 0 spiro atoms. The fourth-order valence-electron chi connectivity index (χ4n) is 3.51. The molecule has 2 nitrogen and oxygen atoms in total. The molecule has 0 aliphatic rings. The predicted octanol–water partition coefficient (Wildman–Crippen LogP) is 7.08. The third-order valence-electron chi connectivity index (χ3n) is 5.53. The van der Waals surface area contributed by atoms with Crippen LogP contribution in [0.2, 0.25) is 0 Å². The van der Waals surface area contributed by atoms with E-state index in [4.69, 9.17) is 5.73 Å². The van der Waals surface area contributed by atoms with Gasteiger partial charge >= 0.3 is 0 Å². The Bertz CT molecular complexity index is 285. The van der Waals surface area contributed by atoms with Crippen molar-refractivity contribution < 1.29 is 0 Å². The monoisotopic (exact) mass is 366 g/mol. The highest BCUT2D eigenvalue weighted by atomic mass is 15.1. The fourth-order valence-corrected chi connectivity index (χ4v) is 3.51. The van der Waals surface area contributed by atoms with Crippen molar-refractivity contribution in [3.8, 4) is 0 Å². The summed E-state index contributed by atoms with van der Waals surface area (Å²) in [5.74, 6) is 0. The van der Waals surface area contributed by atoms with E-state index in [2.05, 4.69) is 25.3 Å². The van der Waals surface area contributed by atoms with Gasteiger partial charge in [0.05, 0.1) is 0 Å². The van der Waals surface area contributed by atoms with Crippen molar-refractivity contribution in [2.45, 2.75) is 123 Å². The molecule has 156 valence electrons. The minimum atomic E-state index is 0.195. The van der Waals surface area contributed by atoms with Crippen LogP contribution in [0.5, 0.6) is 0 Å². The van der Waals surface area contributed by atoms with Gasteiger partial charge in [-0.15, -0.1) is 0 Å². The smallest absolute Gasteiger partial charge is 0.0248 e. The summed E-state index contributed by atoms with van der Waals surface area (Å²) >= 11 is 0. The van der Waals surface area contributed by atoms with Crippen molar-refractivity contribution in [1.29, 1.82) is 0 Å². The SMILES string of the molecule is C=C(C)C(N)CCCCN(CCCCCCCC)CCCCCCCC. The van der Waals surface area contributed by atoms with Crippen molar-refractivity contribution in [3.63, 3.8) is 0 Å². The second-order valence-electron chi connectivity index (χ2n) is 8.33. The molecule has 0 heterocycles. The number of hydrogen-bond acceptors (Lipinski definition) is 2. The summed E-state index contributed by atoms with van der Waals surface area (Å²) in [6.45, 7) is 14.5. The molecule has 0 aliphatic heterocycles. The van der Waals surface area contributed by atoms with Gasteiger partial charge in [0, 0.05) is 6.04 Å². The summed E-state index contributed by atoms with van der Waals surface area (Å²) in [7, 11) is 0. The van der Waals surface area contributed by atoms with Gasteiger partial charge in [0.15, 0.2) is 0 Å². The van der Waals surface area contributed by atoms with Crippen LogP contribution in [-0.2, 0) is 0 Å². The highest BCUT2D eigenvalue weighted by Crippen LogP contribution is 2.11. The van der Waals surface area contributed by atoms with Crippen LogP contribution >= 0.6 is 0 Å². The van der Waals surface area contributed by atoms with Crippen LogP contribution in [0, 0.1) is 0 Å². The molecule has 1 atom stereocenters. The van der Waals surface area contributed by atoms with E-state index in [9.17, 15) is 0 Å². The topological polar surface area (TPSA) is 29.3 Å². The van der Waals surface area contributed by atoms with Crippen molar-refractivity contribution in [2.24, 2.45) is 5.73 Å². The average Bonchev–Trinajstić information content (AvgIpc) is 2.63. The summed E-state index contributed by atoms with van der Waals surface area (Å²) in [4.78, 5) is 2.73. The van der Waals surface area contributed by atoms with Crippen molar-refractivity contribution in [1.82, 2.24) is 4.90 Å². The molecule has 26 heavy (non-hydrogen) atoms. The van der Waals surface area contributed by atoms with E-state index in [1.54, 1.807) is 0 Å². The van der Waals surface area contributed by atoms with Gasteiger partial charge in [-0.1, -0.05) is 96.6 Å². The van der Waals surface area contributed by atoms with Gasteiger partial charge in [0.1, 0.15) is 0 Å². The molecule has 0 saturated heterocycles. The van der Waals surface area contributed by atoms with Gasteiger partial charge in [0.25, 0.3) is 0 Å². The molecule has 0 aromatic rings. The minimum absolute atomic E-state index is 0.195. The molecule has 0 saturated carbocycles. The molecule has 0 aromatic heterocycles. The van der Waals surface area contributed by atoms with Crippen LogP contribution in [0.3, 0.4) is 0 Å². The Labute approximate surface area is 166 Å². The molecule has 0 radical (unpaired) electrons. The lowest BCUT2D eigenvalue weighted by Gasteiger charge is -2.23. The standard InChI is InChI=1S/C24H50N2/c1-5-7-9-11-13-16-20-26(21-17-14-12-10-8-6-2)22-18-15-19-24(25)23(3)4/h24H,3,5-22,25H2,1-2,4H3. The summed E-state index contributed by atoms with van der Waals surface area (Å²) < 4.78 is 0. The van der Waals surface area contributed by atoms with Gasteiger partial charge in [-0.25, -0.2) is 0 Å². The van der Waals surface area contributed by atoms with E-state index >= 15 is 0 Å². The average molecular weight is 367 g/mol. The van der Waals surface area contributed by atoms with Crippen LogP contribution in [0.1, 0.15) is 117 Å². The Hall–Kier alpha value is -0.340. The summed E-state index contributed by atoms with van der Waals surface area (Å²) in [6.07, 6.45) is 20.4. The first-order valence-electron chi connectivity index (χ1n) is 11.7. The maximum absolute atomic E-state index is 6.10. The van der Waals surface area contributed by atoms with E-state index in [1.165, 1.54) is 110 Å². The Morgan fingerprint density at radius 2 is 1.08 bits per heavy atom. The Kier molecular flexibility index (Phi) is 19.2. The molecule has 0 bridgehead atoms. The number of unbranched alkanes of at least 4 members (excludes halogenated alkanes) is 11. The van der Waals surface area contributed by atoms with Crippen LogP contribution in [0.4, 0.5) is 0 Å². The van der Waals surface area contributed by atoms with Crippen LogP contribution in [0.25, 0.3) is 0 Å².